The van der Waals surface area contributed by atoms with Crippen molar-refractivity contribution in [2.24, 2.45) is 5.92 Å². The summed E-state index contributed by atoms with van der Waals surface area (Å²) in [7, 11) is 1.63. The van der Waals surface area contributed by atoms with Crippen molar-refractivity contribution in [1.29, 1.82) is 0 Å². The van der Waals surface area contributed by atoms with Gasteiger partial charge in [0.2, 0.25) is 0 Å². The molecule has 15 heavy (non-hydrogen) atoms. The topological polar surface area (TPSA) is 39.2 Å². The van der Waals surface area contributed by atoms with Crippen molar-refractivity contribution >= 4 is 5.78 Å². The molecule has 0 amide bonds. The second-order valence-corrected chi connectivity index (χ2v) is 3.86. The molecular formula is C12H17NO2. The van der Waals surface area contributed by atoms with Crippen molar-refractivity contribution < 1.29 is 9.53 Å². The molecule has 0 aliphatic rings. The van der Waals surface area contributed by atoms with Crippen molar-refractivity contribution in [3.8, 4) is 5.75 Å². The standard InChI is InChI=1S/C12H17NO2/c1-8(10(3)14)5-11-7-12(15-4)6-9(2)13-11/h6-8H,5H2,1-4H3. The van der Waals surface area contributed by atoms with E-state index in [1.54, 1.807) is 14.0 Å². The second-order valence-electron chi connectivity index (χ2n) is 3.86. The maximum Gasteiger partial charge on any atom is 0.133 e. The van der Waals surface area contributed by atoms with Gasteiger partial charge in [0.25, 0.3) is 0 Å². The van der Waals surface area contributed by atoms with Crippen LogP contribution in [-0.2, 0) is 11.2 Å². The molecule has 1 rings (SSSR count). The average molecular weight is 207 g/mol. The number of aromatic nitrogens is 1. The van der Waals surface area contributed by atoms with Gasteiger partial charge >= 0.3 is 0 Å². The van der Waals surface area contributed by atoms with Gasteiger partial charge in [-0.3, -0.25) is 9.78 Å². The quantitative estimate of drug-likeness (QED) is 0.759. The van der Waals surface area contributed by atoms with Gasteiger partial charge < -0.3 is 4.74 Å². The molecule has 1 aromatic heterocycles. The van der Waals surface area contributed by atoms with E-state index in [0.717, 1.165) is 17.1 Å². The number of carbonyl (C=O) groups excluding carboxylic acids is 1. The minimum Gasteiger partial charge on any atom is -0.497 e. The molecule has 3 nitrogen and oxygen atoms in total. The van der Waals surface area contributed by atoms with E-state index in [0.29, 0.717) is 6.42 Å². The summed E-state index contributed by atoms with van der Waals surface area (Å²) in [5.74, 6) is 1.01. The number of carbonyl (C=O) groups is 1. The van der Waals surface area contributed by atoms with Crippen LogP contribution in [-0.4, -0.2) is 17.9 Å². The molecule has 0 radical (unpaired) electrons. The summed E-state index contributed by atoms with van der Waals surface area (Å²) in [6.07, 6.45) is 0.674. The van der Waals surface area contributed by atoms with Gasteiger partial charge in [0.05, 0.1) is 7.11 Å². The van der Waals surface area contributed by atoms with E-state index < -0.39 is 0 Å². The van der Waals surface area contributed by atoms with Gasteiger partial charge in [-0.05, 0) is 20.3 Å². The molecule has 0 N–H and O–H groups in total. The van der Waals surface area contributed by atoms with E-state index in [1.807, 2.05) is 26.0 Å². The molecule has 82 valence electrons. The van der Waals surface area contributed by atoms with Crippen molar-refractivity contribution in [2.75, 3.05) is 7.11 Å². The van der Waals surface area contributed by atoms with Gasteiger partial charge in [-0.2, -0.15) is 0 Å². The first kappa shape index (κ1) is 11.7. The van der Waals surface area contributed by atoms with Crippen LogP contribution in [0.1, 0.15) is 25.2 Å². The third-order valence-electron chi connectivity index (χ3n) is 2.42. The minimum atomic E-state index is 0.0176. The summed E-state index contributed by atoms with van der Waals surface area (Å²) in [6, 6.07) is 3.76. The van der Waals surface area contributed by atoms with E-state index >= 15 is 0 Å². The van der Waals surface area contributed by atoms with Crippen LogP contribution in [0.3, 0.4) is 0 Å². The van der Waals surface area contributed by atoms with Gasteiger partial charge in [0, 0.05) is 29.4 Å². The van der Waals surface area contributed by atoms with Crippen molar-refractivity contribution in [1.82, 2.24) is 4.98 Å². The number of methoxy groups -OCH3 is 1. The lowest BCUT2D eigenvalue weighted by molar-refractivity contribution is -0.120. The number of hydrogen-bond acceptors (Lipinski definition) is 3. The lowest BCUT2D eigenvalue weighted by Gasteiger charge is -2.09. The van der Waals surface area contributed by atoms with Gasteiger partial charge in [-0.25, -0.2) is 0 Å². The second kappa shape index (κ2) is 4.91. The van der Waals surface area contributed by atoms with E-state index in [-0.39, 0.29) is 11.7 Å². The molecule has 0 saturated heterocycles. The van der Waals surface area contributed by atoms with Gasteiger partial charge in [0.15, 0.2) is 0 Å². The van der Waals surface area contributed by atoms with Crippen LogP contribution < -0.4 is 4.74 Å². The van der Waals surface area contributed by atoms with Crippen LogP contribution in [0.4, 0.5) is 0 Å². The number of ketones is 1. The third-order valence-corrected chi connectivity index (χ3v) is 2.42. The van der Waals surface area contributed by atoms with E-state index in [1.165, 1.54) is 0 Å². The predicted octanol–water partition coefficient (Wildman–Crippen LogP) is 2.17. The van der Waals surface area contributed by atoms with Crippen molar-refractivity contribution in [3.63, 3.8) is 0 Å². The van der Waals surface area contributed by atoms with Gasteiger partial charge in [-0.1, -0.05) is 6.92 Å². The molecule has 0 spiro atoms. The fourth-order valence-electron chi connectivity index (χ4n) is 1.38. The molecule has 1 atom stereocenters. The Bertz CT molecular complexity index is 361. The Labute approximate surface area is 90.5 Å². The molecule has 1 unspecified atom stereocenters. The Balaban J connectivity index is 2.85. The largest absolute Gasteiger partial charge is 0.497 e. The van der Waals surface area contributed by atoms with Crippen LogP contribution in [0.25, 0.3) is 0 Å². The number of aryl methyl sites for hydroxylation is 1. The normalized spacial score (nSPS) is 12.3. The van der Waals surface area contributed by atoms with E-state index in [9.17, 15) is 4.79 Å². The molecule has 0 saturated carbocycles. The maximum atomic E-state index is 11.1. The van der Waals surface area contributed by atoms with Crippen LogP contribution in [0, 0.1) is 12.8 Å². The fourth-order valence-corrected chi connectivity index (χ4v) is 1.38. The number of rotatable bonds is 4. The highest BCUT2D eigenvalue weighted by atomic mass is 16.5. The molecule has 0 aromatic carbocycles. The van der Waals surface area contributed by atoms with Gasteiger partial charge in [-0.15, -0.1) is 0 Å². The smallest absolute Gasteiger partial charge is 0.133 e. The summed E-state index contributed by atoms with van der Waals surface area (Å²) in [5, 5.41) is 0. The zero-order valence-electron chi connectivity index (χ0n) is 9.70. The highest BCUT2D eigenvalue weighted by molar-refractivity contribution is 5.78. The number of pyridine rings is 1. The zero-order valence-corrected chi connectivity index (χ0v) is 9.70. The van der Waals surface area contributed by atoms with E-state index in [4.69, 9.17) is 4.74 Å². The number of hydrogen-bond donors (Lipinski definition) is 0. The first-order valence-electron chi connectivity index (χ1n) is 5.05. The van der Waals surface area contributed by atoms with Crippen LogP contribution in [0.2, 0.25) is 0 Å². The average Bonchev–Trinajstić information content (AvgIpc) is 2.16. The molecule has 0 bridgehead atoms. The van der Waals surface area contributed by atoms with Crippen LogP contribution in [0.15, 0.2) is 12.1 Å². The Morgan fingerprint density at radius 3 is 2.73 bits per heavy atom. The van der Waals surface area contributed by atoms with Crippen LogP contribution in [0.5, 0.6) is 5.75 Å². The monoisotopic (exact) mass is 207 g/mol. The summed E-state index contributed by atoms with van der Waals surface area (Å²) in [6.45, 7) is 5.45. The Hall–Kier alpha value is -1.38. The Morgan fingerprint density at radius 1 is 1.53 bits per heavy atom. The molecule has 1 heterocycles. The highest BCUT2D eigenvalue weighted by Gasteiger charge is 2.10. The molecular weight excluding hydrogens is 190 g/mol. The summed E-state index contributed by atoms with van der Waals surface area (Å²) in [5.41, 5.74) is 1.83. The SMILES string of the molecule is COc1cc(C)nc(CC(C)C(C)=O)c1. The van der Waals surface area contributed by atoms with Crippen molar-refractivity contribution in [3.05, 3.63) is 23.5 Å². The van der Waals surface area contributed by atoms with E-state index in [2.05, 4.69) is 4.98 Å². The van der Waals surface area contributed by atoms with Crippen molar-refractivity contribution in [2.45, 2.75) is 27.2 Å². The number of Topliss-reactive ketones (excluding diaryl/α,β-unsaturated/α-hetero) is 1. The first-order chi connectivity index (χ1) is 7.02. The predicted molar refractivity (Wildman–Crippen MR) is 59.1 cm³/mol. The number of ether oxygens (including phenoxy) is 1. The summed E-state index contributed by atoms with van der Waals surface area (Å²) in [4.78, 5) is 15.5. The molecule has 3 heteroatoms. The van der Waals surface area contributed by atoms with Gasteiger partial charge in [0.1, 0.15) is 11.5 Å². The Kier molecular flexibility index (Phi) is 3.83. The fraction of sp³-hybridized carbons (Fsp3) is 0.500. The zero-order chi connectivity index (χ0) is 11.4. The highest BCUT2D eigenvalue weighted by Crippen LogP contribution is 2.16. The maximum absolute atomic E-state index is 11.1. The molecule has 0 aliphatic heterocycles. The third kappa shape index (κ3) is 3.35. The molecule has 0 aliphatic carbocycles. The Morgan fingerprint density at radius 2 is 2.20 bits per heavy atom. The first-order valence-corrected chi connectivity index (χ1v) is 5.05. The van der Waals surface area contributed by atoms with Crippen LogP contribution >= 0.6 is 0 Å². The molecule has 1 aromatic rings. The number of nitrogens with zero attached hydrogens (tertiary/aromatic N) is 1. The minimum absolute atomic E-state index is 0.0176. The molecule has 0 fully saturated rings. The lowest BCUT2D eigenvalue weighted by atomic mass is 10.0. The summed E-state index contributed by atoms with van der Waals surface area (Å²) >= 11 is 0. The summed E-state index contributed by atoms with van der Waals surface area (Å²) < 4.78 is 5.15. The lowest BCUT2D eigenvalue weighted by Crippen LogP contribution is -2.10.